The molecule has 2 N–H and O–H groups in total. The molecule has 0 saturated carbocycles. The molecule has 0 bridgehead atoms. The van der Waals surface area contributed by atoms with Crippen LogP contribution in [0.2, 0.25) is 0 Å². The van der Waals surface area contributed by atoms with Gasteiger partial charge < -0.3 is 15.4 Å². The number of aryl methyl sites for hydroxylation is 1. The van der Waals surface area contributed by atoms with Gasteiger partial charge in [-0.05, 0) is 61.5 Å². The zero-order chi connectivity index (χ0) is 17.7. The van der Waals surface area contributed by atoms with Crippen LogP contribution < -0.4 is 10.6 Å². The lowest BCUT2D eigenvalue weighted by Gasteiger charge is -2.18. The Bertz CT molecular complexity index is 747. The minimum absolute atomic E-state index is 0.0882. The summed E-state index contributed by atoms with van der Waals surface area (Å²) < 4.78 is 17.7. The molecule has 24 heavy (non-hydrogen) atoms. The summed E-state index contributed by atoms with van der Waals surface area (Å²) in [4.78, 5) is 11.6. The average molecular weight is 346 g/mol. The van der Waals surface area contributed by atoms with Crippen molar-refractivity contribution in [3.8, 4) is 0 Å². The molecule has 2 rings (SSSR count). The van der Waals surface area contributed by atoms with Crippen LogP contribution in [0.1, 0.15) is 34.5 Å². The third-order valence-electron chi connectivity index (χ3n) is 3.62. The summed E-state index contributed by atoms with van der Waals surface area (Å²) in [5, 5.41) is 6.63. The van der Waals surface area contributed by atoms with Gasteiger partial charge in [0.2, 0.25) is 0 Å². The van der Waals surface area contributed by atoms with E-state index in [0.717, 1.165) is 16.8 Å². The van der Waals surface area contributed by atoms with Crippen LogP contribution in [0.15, 0.2) is 42.5 Å². The SMILES string of the molecule is COC(=O)c1ccc(C)c(NC(=S)N[C@H](C)c2ccc(F)cc2)c1. The van der Waals surface area contributed by atoms with Crippen molar-refractivity contribution in [2.24, 2.45) is 0 Å². The van der Waals surface area contributed by atoms with Crippen LogP contribution in [-0.4, -0.2) is 18.2 Å². The van der Waals surface area contributed by atoms with Gasteiger partial charge in [-0.15, -0.1) is 0 Å². The summed E-state index contributed by atoms with van der Waals surface area (Å²) in [6.07, 6.45) is 0. The van der Waals surface area contributed by atoms with Crippen LogP contribution in [-0.2, 0) is 4.74 Å². The molecule has 0 aliphatic rings. The number of hydrogen-bond acceptors (Lipinski definition) is 3. The molecule has 0 aromatic heterocycles. The predicted molar refractivity (Wildman–Crippen MR) is 96.7 cm³/mol. The number of hydrogen-bond donors (Lipinski definition) is 2. The lowest BCUT2D eigenvalue weighted by Crippen LogP contribution is -2.31. The van der Waals surface area contributed by atoms with Crippen LogP contribution in [0.3, 0.4) is 0 Å². The van der Waals surface area contributed by atoms with Gasteiger partial charge in [0.15, 0.2) is 5.11 Å². The monoisotopic (exact) mass is 346 g/mol. The van der Waals surface area contributed by atoms with E-state index in [9.17, 15) is 9.18 Å². The maximum Gasteiger partial charge on any atom is 0.337 e. The van der Waals surface area contributed by atoms with Gasteiger partial charge in [0.25, 0.3) is 0 Å². The lowest BCUT2D eigenvalue weighted by atomic mass is 10.1. The number of thiocarbonyl (C=S) groups is 1. The van der Waals surface area contributed by atoms with E-state index in [-0.39, 0.29) is 11.9 Å². The fourth-order valence-electron chi connectivity index (χ4n) is 2.19. The topological polar surface area (TPSA) is 50.4 Å². The van der Waals surface area contributed by atoms with Gasteiger partial charge in [0.1, 0.15) is 5.82 Å². The number of anilines is 1. The number of nitrogens with one attached hydrogen (secondary N) is 2. The molecule has 0 saturated heterocycles. The molecule has 0 spiro atoms. The van der Waals surface area contributed by atoms with Crippen molar-refractivity contribution in [1.82, 2.24) is 5.32 Å². The highest BCUT2D eigenvalue weighted by Gasteiger charge is 2.11. The van der Waals surface area contributed by atoms with Crippen LogP contribution in [0.25, 0.3) is 0 Å². The van der Waals surface area contributed by atoms with Crippen molar-refractivity contribution >= 4 is 29.0 Å². The molecule has 4 nitrogen and oxygen atoms in total. The first-order chi connectivity index (χ1) is 11.4. The van der Waals surface area contributed by atoms with Gasteiger partial charge in [0.05, 0.1) is 18.7 Å². The van der Waals surface area contributed by atoms with Gasteiger partial charge in [-0.3, -0.25) is 0 Å². The smallest absolute Gasteiger partial charge is 0.337 e. The molecule has 2 aromatic rings. The summed E-state index contributed by atoms with van der Waals surface area (Å²) >= 11 is 5.32. The Morgan fingerprint density at radius 1 is 1.21 bits per heavy atom. The first-order valence-electron chi connectivity index (χ1n) is 7.42. The van der Waals surface area contributed by atoms with Crippen molar-refractivity contribution in [1.29, 1.82) is 0 Å². The molecule has 0 amide bonds. The number of esters is 1. The molecule has 1 atom stereocenters. The van der Waals surface area contributed by atoms with Crippen molar-refractivity contribution in [3.05, 3.63) is 65.0 Å². The number of benzene rings is 2. The maximum atomic E-state index is 13.0. The van der Waals surface area contributed by atoms with Crippen molar-refractivity contribution in [2.45, 2.75) is 19.9 Å². The largest absolute Gasteiger partial charge is 0.465 e. The van der Waals surface area contributed by atoms with E-state index in [4.69, 9.17) is 17.0 Å². The second-order valence-electron chi connectivity index (χ2n) is 5.39. The number of halogens is 1. The normalized spacial score (nSPS) is 11.5. The highest BCUT2D eigenvalue weighted by atomic mass is 32.1. The quantitative estimate of drug-likeness (QED) is 0.648. The first-order valence-corrected chi connectivity index (χ1v) is 7.83. The summed E-state index contributed by atoms with van der Waals surface area (Å²) in [6, 6.07) is 11.4. The molecule has 0 fully saturated rings. The van der Waals surface area contributed by atoms with E-state index in [1.54, 1.807) is 24.3 Å². The van der Waals surface area contributed by atoms with E-state index >= 15 is 0 Å². The van der Waals surface area contributed by atoms with Crippen LogP contribution in [0.5, 0.6) is 0 Å². The van der Waals surface area contributed by atoms with Crippen molar-refractivity contribution in [3.63, 3.8) is 0 Å². The van der Waals surface area contributed by atoms with E-state index in [1.807, 2.05) is 19.9 Å². The van der Waals surface area contributed by atoms with Gasteiger partial charge >= 0.3 is 5.97 Å². The third kappa shape index (κ3) is 4.52. The summed E-state index contributed by atoms with van der Waals surface area (Å²) in [7, 11) is 1.34. The molecule has 2 aromatic carbocycles. The number of rotatable bonds is 4. The fourth-order valence-corrected chi connectivity index (χ4v) is 2.48. The van der Waals surface area contributed by atoms with E-state index in [0.29, 0.717) is 10.7 Å². The molecule has 0 heterocycles. The summed E-state index contributed by atoms with van der Waals surface area (Å²) in [6.45, 7) is 3.84. The van der Waals surface area contributed by atoms with Crippen molar-refractivity contribution in [2.75, 3.05) is 12.4 Å². The Kier molecular flexibility index (Phi) is 5.87. The Balaban J connectivity index is 2.06. The second kappa shape index (κ2) is 7.88. The van der Waals surface area contributed by atoms with Gasteiger partial charge in [-0.2, -0.15) is 0 Å². The Labute approximate surface area is 146 Å². The zero-order valence-corrected chi connectivity index (χ0v) is 14.5. The van der Waals surface area contributed by atoms with Crippen LogP contribution in [0, 0.1) is 12.7 Å². The van der Waals surface area contributed by atoms with Gasteiger partial charge in [0, 0.05) is 5.69 Å². The van der Waals surface area contributed by atoms with Gasteiger partial charge in [-0.1, -0.05) is 18.2 Å². The average Bonchev–Trinajstić information content (AvgIpc) is 2.56. The highest BCUT2D eigenvalue weighted by molar-refractivity contribution is 7.80. The van der Waals surface area contributed by atoms with Crippen LogP contribution >= 0.6 is 12.2 Å². The zero-order valence-electron chi connectivity index (χ0n) is 13.7. The molecular formula is C18H19FN2O2S. The molecule has 0 unspecified atom stereocenters. The summed E-state index contributed by atoms with van der Waals surface area (Å²) in [5.41, 5.74) is 3.03. The molecule has 0 aliphatic heterocycles. The first kappa shape index (κ1) is 17.9. The third-order valence-corrected chi connectivity index (χ3v) is 3.84. The number of methoxy groups -OCH3 is 1. The lowest BCUT2D eigenvalue weighted by molar-refractivity contribution is 0.0601. The fraction of sp³-hybridized carbons (Fsp3) is 0.222. The maximum absolute atomic E-state index is 13.0. The molecule has 0 radical (unpaired) electrons. The second-order valence-corrected chi connectivity index (χ2v) is 5.80. The summed E-state index contributed by atoms with van der Waals surface area (Å²) in [5.74, 6) is -0.682. The van der Waals surface area contributed by atoms with Gasteiger partial charge in [-0.25, -0.2) is 9.18 Å². The van der Waals surface area contributed by atoms with E-state index < -0.39 is 5.97 Å². The van der Waals surface area contributed by atoms with E-state index in [2.05, 4.69) is 10.6 Å². The Morgan fingerprint density at radius 2 is 1.88 bits per heavy atom. The number of carbonyl (C=O) groups is 1. The minimum Gasteiger partial charge on any atom is -0.465 e. The van der Waals surface area contributed by atoms with Crippen molar-refractivity contribution < 1.29 is 13.9 Å². The molecule has 126 valence electrons. The minimum atomic E-state index is -0.406. The highest BCUT2D eigenvalue weighted by Crippen LogP contribution is 2.18. The van der Waals surface area contributed by atoms with E-state index in [1.165, 1.54) is 19.2 Å². The Hall–Kier alpha value is -2.47. The molecule has 0 aliphatic carbocycles. The molecule has 6 heteroatoms. The number of carbonyl (C=O) groups excluding carboxylic acids is 1. The van der Waals surface area contributed by atoms with Crippen LogP contribution in [0.4, 0.5) is 10.1 Å². The Morgan fingerprint density at radius 3 is 2.50 bits per heavy atom. The number of ether oxygens (including phenoxy) is 1. The standard InChI is InChI=1S/C18H19FN2O2S/c1-11-4-5-14(17(22)23-3)10-16(11)21-18(24)20-12(2)13-6-8-15(19)9-7-13/h4-10,12H,1-3H3,(H2,20,21,24)/t12-/m1/s1. The molecular weight excluding hydrogens is 327 g/mol. The predicted octanol–water partition coefficient (Wildman–Crippen LogP) is 3.97.